The van der Waals surface area contributed by atoms with Gasteiger partial charge in [-0.15, -0.1) is 18.0 Å². The summed E-state index contributed by atoms with van der Waals surface area (Å²) in [4.78, 5) is 13.0. The second kappa shape index (κ2) is 7.75. The van der Waals surface area contributed by atoms with Crippen LogP contribution in [0.25, 0.3) is 11.0 Å². The van der Waals surface area contributed by atoms with Gasteiger partial charge in [0.2, 0.25) is 0 Å². The van der Waals surface area contributed by atoms with Gasteiger partial charge in [-0.3, -0.25) is 10.2 Å². The number of sulfonamides is 1. The molecule has 13 heteroatoms. The van der Waals surface area contributed by atoms with E-state index in [0.717, 1.165) is 18.2 Å². The smallest absolute Gasteiger partial charge is 0.449 e. The lowest BCUT2D eigenvalue weighted by molar-refractivity contribution is -0.275. The van der Waals surface area contributed by atoms with Gasteiger partial charge in [0.15, 0.2) is 11.3 Å². The predicted molar refractivity (Wildman–Crippen MR) is 97.1 cm³/mol. The maximum absolute atomic E-state index is 12.5. The lowest BCUT2D eigenvalue weighted by Gasteiger charge is -2.14. The van der Waals surface area contributed by atoms with Crippen LogP contribution >= 0.6 is 23.2 Å². The first-order chi connectivity index (χ1) is 13.5. The molecule has 0 bridgehead atoms. The fourth-order valence-corrected chi connectivity index (χ4v) is 3.82. The van der Waals surface area contributed by atoms with E-state index in [1.165, 1.54) is 24.3 Å². The highest BCUT2D eigenvalue weighted by atomic mass is 35.5. The Hall–Kier alpha value is -2.47. The van der Waals surface area contributed by atoms with Crippen LogP contribution in [0.3, 0.4) is 0 Å². The van der Waals surface area contributed by atoms with E-state index in [1.807, 2.05) is 5.43 Å². The van der Waals surface area contributed by atoms with Crippen molar-refractivity contribution in [3.63, 3.8) is 0 Å². The molecular weight excluding hydrogens is 460 g/mol. The third-order valence-corrected chi connectivity index (χ3v) is 5.21. The zero-order valence-electron chi connectivity index (χ0n) is 13.9. The molecule has 1 amide bonds. The number of hydrogen-bond acceptors (Lipinski definition) is 5. The van der Waals surface area contributed by atoms with E-state index in [-0.39, 0.29) is 21.4 Å². The van der Waals surface area contributed by atoms with Gasteiger partial charge in [0.05, 0.1) is 5.02 Å². The number of ether oxygens (including phenoxy) is 1. The molecule has 154 valence electrons. The molecule has 3 rings (SSSR count). The van der Waals surface area contributed by atoms with Gasteiger partial charge >= 0.3 is 12.3 Å². The Morgan fingerprint density at radius 3 is 2.48 bits per heavy atom. The van der Waals surface area contributed by atoms with Crippen LogP contribution in [0.1, 0.15) is 10.6 Å². The average Bonchev–Trinajstić information content (AvgIpc) is 3.03. The van der Waals surface area contributed by atoms with E-state index in [4.69, 9.17) is 27.6 Å². The molecule has 0 aliphatic rings. The fraction of sp³-hybridized carbons (Fsp3) is 0.0625. The topological polar surface area (TPSA) is 97.6 Å². The lowest BCUT2D eigenvalue weighted by atomic mass is 10.2. The lowest BCUT2D eigenvalue weighted by Crippen LogP contribution is -2.41. The monoisotopic (exact) mass is 468 g/mol. The summed E-state index contributed by atoms with van der Waals surface area (Å²) < 4.78 is 71.0. The van der Waals surface area contributed by atoms with Crippen LogP contribution in [0.15, 0.2) is 51.8 Å². The molecular formula is C16H9Cl2F3N2O5S. The quantitative estimate of drug-likeness (QED) is 0.545. The van der Waals surface area contributed by atoms with Crippen molar-refractivity contribution in [1.82, 2.24) is 10.3 Å². The molecule has 29 heavy (non-hydrogen) atoms. The molecule has 1 aromatic heterocycles. The van der Waals surface area contributed by atoms with Crippen molar-refractivity contribution < 1.29 is 35.5 Å². The number of hydrazine groups is 1. The Morgan fingerprint density at radius 1 is 1.10 bits per heavy atom. The number of nitrogens with one attached hydrogen (secondary N) is 2. The van der Waals surface area contributed by atoms with Crippen LogP contribution in [0.2, 0.25) is 10.0 Å². The van der Waals surface area contributed by atoms with E-state index in [2.05, 4.69) is 4.74 Å². The van der Waals surface area contributed by atoms with E-state index < -0.39 is 32.9 Å². The summed E-state index contributed by atoms with van der Waals surface area (Å²) >= 11 is 11.8. The third kappa shape index (κ3) is 4.93. The third-order valence-electron chi connectivity index (χ3n) is 3.42. The number of halogens is 5. The van der Waals surface area contributed by atoms with E-state index in [0.29, 0.717) is 5.39 Å². The standard InChI is InChI=1S/C16H9Cl2F3N2O5S/c17-9-5-8-6-12(27-14(8)10(18)7-9)15(24)22-23-29(25,26)13-4-2-1-3-11(13)28-16(19,20)21/h1-7,23H,(H,22,24). The number of fused-ring (bicyclic) bond motifs is 1. The van der Waals surface area contributed by atoms with Crippen LogP contribution in [0.5, 0.6) is 5.75 Å². The molecule has 0 saturated carbocycles. The highest BCUT2D eigenvalue weighted by Crippen LogP contribution is 2.31. The summed E-state index contributed by atoms with van der Waals surface area (Å²) in [5.41, 5.74) is 1.99. The van der Waals surface area contributed by atoms with Gasteiger partial charge in [-0.05, 0) is 30.3 Å². The molecule has 0 atom stereocenters. The molecule has 3 aromatic rings. The summed E-state index contributed by atoms with van der Waals surface area (Å²) in [6, 6.07) is 8.15. The number of alkyl halides is 3. The molecule has 0 saturated heterocycles. The zero-order chi connectivity index (χ0) is 21.4. The van der Waals surface area contributed by atoms with Gasteiger partial charge < -0.3 is 9.15 Å². The Morgan fingerprint density at radius 2 is 1.79 bits per heavy atom. The number of hydrogen-bond donors (Lipinski definition) is 2. The summed E-state index contributed by atoms with van der Waals surface area (Å²) in [6.07, 6.45) is -5.11. The summed E-state index contributed by atoms with van der Waals surface area (Å²) in [5, 5.41) is 0.807. The maximum Gasteiger partial charge on any atom is 0.573 e. The van der Waals surface area contributed by atoms with Gasteiger partial charge in [0, 0.05) is 10.4 Å². The van der Waals surface area contributed by atoms with Gasteiger partial charge in [0.1, 0.15) is 10.6 Å². The van der Waals surface area contributed by atoms with Crippen LogP contribution in [-0.2, 0) is 10.0 Å². The molecule has 2 N–H and O–H groups in total. The largest absolute Gasteiger partial charge is 0.573 e. The number of furan rings is 1. The van der Waals surface area contributed by atoms with Crippen molar-refractivity contribution in [2.45, 2.75) is 11.3 Å². The summed E-state index contributed by atoms with van der Waals surface area (Å²) in [6.45, 7) is 0. The molecule has 0 aliphatic heterocycles. The van der Waals surface area contributed by atoms with Crippen molar-refractivity contribution in [2.24, 2.45) is 0 Å². The number of carbonyl (C=O) groups is 1. The first-order valence-electron chi connectivity index (χ1n) is 7.52. The van der Waals surface area contributed by atoms with Gasteiger partial charge in [0.25, 0.3) is 10.0 Å². The Kier molecular flexibility index (Phi) is 5.68. The number of rotatable bonds is 5. The first-order valence-corrected chi connectivity index (χ1v) is 9.76. The fourth-order valence-electron chi connectivity index (χ4n) is 2.30. The molecule has 0 spiro atoms. The van der Waals surface area contributed by atoms with Gasteiger partial charge in [-0.1, -0.05) is 35.3 Å². The van der Waals surface area contributed by atoms with Crippen molar-refractivity contribution in [1.29, 1.82) is 0 Å². The normalized spacial score (nSPS) is 12.2. The number of para-hydroxylation sites is 1. The van der Waals surface area contributed by atoms with Crippen molar-refractivity contribution in [3.8, 4) is 5.75 Å². The minimum Gasteiger partial charge on any atom is -0.449 e. The highest BCUT2D eigenvalue weighted by Gasteiger charge is 2.34. The van der Waals surface area contributed by atoms with Crippen LogP contribution in [0, 0.1) is 0 Å². The molecule has 0 unspecified atom stereocenters. The molecule has 1 heterocycles. The van der Waals surface area contributed by atoms with Crippen LogP contribution < -0.4 is 15.0 Å². The van der Waals surface area contributed by atoms with E-state index in [1.54, 1.807) is 4.83 Å². The van der Waals surface area contributed by atoms with E-state index in [9.17, 15) is 26.4 Å². The molecule has 7 nitrogen and oxygen atoms in total. The zero-order valence-corrected chi connectivity index (χ0v) is 16.2. The number of carbonyl (C=O) groups excluding carboxylic acids is 1. The molecule has 0 aliphatic carbocycles. The van der Waals surface area contributed by atoms with Gasteiger partial charge in [-0.2, -0.15) is 0 Å². The van der Waals surface area contributed by atoms with Crippen LogP contribution in [-0.4, -0.2) is 20.7 Å². The minimum absolute atomic E-state index is 0.130. The van der Waals surface area contributed by atoms with Crippen molar-refractivity contribution in [2.75, 3.05) is 0 Å². The van der Waals surface area contributed by atoms with Crippen molar-refractivity contribution >= 4 is 50.1 Å². The molecule has 2 aromatic carbocycles. The Balaban J connectivity index is 1.81. The van der Waals surface area contributed by atoms with Gasteiger partial charge in [-0.25, -0.2) is 8.42 Å². The van der Waals surface area contributed by atoms with Crippen molar-refractivity contribution in [3.05, 3.63) is 58.3 Å². The summed E-state index contributed by atoms with van der Waals surface area (Å²) in [5.74, 6) is -2.30. The molecule has 0 radical (unpaired) electrons. The first kappa shape index (κ1) is 21.2. The average molecular weight is 469 g/mol. The predicted octanol–water partition coefficient (Wildman–Crippen LogP) is 4.26. The maximum atomic E-state index is 12.5. The second-order valence-electron chi connectivity index (χ2n) is 5.47. The minimum atomic E-state index is -5.11. The van der Waals surface area contributed by atoms with E-state index >= 15 is 0 Å². The van der Waals surface area contributed by atoms with Crippen LogP contribution in [0.4, 0.5) is 13.2 Å². The SMILES string of the molecule is O=C(NNS(=O)(=O)c1ccccc1OC(F)(F)F)c1cc2cc(Cl)cc(Cl)c2o1. The number of benzene rings is 2. The number of amides is 1. The molecule has 0 fully saturated rings. The Bertz CT molecular complexity index is 1190. The Labute approximate surface area is 171 Å². The highest BCUT2D eigenvalue weighted by molar-refractivity contribution is 7.89. The summed E-state index contributed by atoms with van der Waals surface area (Å²) in [7, 11) is -4.61. The second-order valence-corrected chi connectivity index (χ2v) is 7.97.